The van der Waals surface area contributed by atoms with Gasteiger partial charge in [-0.05, 0) is 43.5 Å². The molecule has 0 saturated carbocycles. The van der Waals surface area contributed by atoms with Gasteiger partial charge in [-0.25, -0.2) is 24.6 Å². The number of pyridine rings is 2. The Hall–Kier alpha value is -3.79. The molecule has 160 valence electrons. The van der Waals surface area contributed by atoms with Gasteiger partial charge in [0.2, 0.25) is 5.88 Å². The van der Waals surface area contributed by atoms with Gasteiger partial charge in [0.15, 0.2) is 5.82 Å². The molecule has 4 rings (SSSR count). The van der Waals surface area contributed by atoms with Crippen LogP contribution in [0.2, 0.25) is 0 Å². The zero-order valence-corrected chi connectivity index (χ0v) is 17.2. The van der Waals surface area contributed by atoms with Crippen LogP contribution < -0.4 is 20.3 Å². The Bertz CT molecular complexity index is 1090. The molecule has 3 aromatic heterocycles. The number of hydrogen-bond donors (Lipinski definition) is 3. The van der Waals surface area contributed by atoms with Crippen LogP contribution in [0.1, 0.15) is 18.4 Å². The van der Waals surface area contributed by atoms with Crippen molar-refractivity contribution in [3.63, 3.8) is 0 Å². The van der Waals surface area contributed by atoms with Crippen LogP contribution in [0.3, 0.4) is 0 Å². The van der Waals surface area contributed by atoms with Gasteiger partial charge in [-0.3, -0.25) is 10.3 Å². The fourth-order valence-electron chi connectivity index (χ4n) is 3.32. The van der Waals surface area contributed by atoms with Crippen molar-refractivity contribution in [1.82, 2.24) is 19.9 Å². The Kier molecular flexibility index (Phi) is 5.89. The average molecular weight is 421 g/mol. The minimum Gasteiger partial charge on any atom is -0.481 e. The second kappa shape index (κ2) is 8.92. The molecule has 2 amide bonds. The summed E-state index contributed by atoms with van der Waals surface area (Å²) in [5, 5.41) is 16.8. The number of carbonyl (C=O) groups is 1. The van der Waals surface area contributed by atoms with Crippen LogP contribution in [-0.2, 0) is 0 Å². The smallest absolute Gasteiger partial charge is 0.330 e. The molecule has 0 fully saturated rings. The number of anilines is 3. The van der Waals surface area contributed by atoms with E-state index >= 15 is 0 Å². The molecule has 10 nitrogen and oxygen atoms in total. The lowest BCUT2D eigenvalue weighted by Crippen LogP contribution is -2.45. The summed E-state index contributed by atoms with van der Waals surface area (Å²) in [4.78, 5) is 31.3. The quantitative estimate of drug-likeness (QED) is 0.589. The lowest BCUT2D eigenvalue weighted by Gasteiger charge is -2.31. The Labute approximate surface area is 179 Å². The molecule has 1 aliphatic heterocycles. The van der Waals surface area contributed by atoms with E-state index in [2.05, 4.69) is 25.6 Å². The first-order valence-electron chi connectivity index (χ1n) is 9.86. The van der Waals surface area contributed by atoms with E-state index < -0.39 is 12.3 Å². The number of nitrogens with zero attached hydrogens (tertiary/aromatic N) is 5. The number of aryl methyl sites for hydroxylation is 1. The van der Waals surface area contributed by atoms with Crippen LogP contribution in [0.5, 0.6) is 5.88 Å². The third-order valence-corrected chi connectivity index (χ3v) is 4.83. The highest BCUT2D eigenvalue weighted by Crippen LogP contribution is 2.32. The molecule has 4 heterocycles. The van der Waals surface area contributed by atoms with E-state index in [4.69, 9.17) is 9.72 Å². The van der Waals surface area contributed by atoms with Crippen molar-refractivity contribution in [2.45, 2.75) is 26.0 Å². The molecule has 0 saturated heterocycles. The van der Waals surface area contributed by atoms with Crippen molar-refractivity contribution in [1.29, 1.82) is 0 Å². The van der Waals surface area contributed by atoms with E-state index in [9.17, 15) is 9.90 Å². The van der Waals surface area contributed by atoms with Crippen LogP contribution in [0, 0.1) is 6.92 Å². The van der Waals surface area contributed by atoms with E-state index in [-0.39, 0.29) is 5.82 Å². The summed E-state index contributed by atoms with van der Waals surface area (Å²) in [6, 6.07) is 6.61. The van der Waals surface area contributed by atoms with Crippen molar-refractivity contribution in [3.8, 4) is 17.1 Å². The highest BCUT2D eigenvalue weighted by Gasteiger charge is 2.29. The molecule has 0 aromatic carbocycles. The van der Waals surface area contributed by atoms with Gasteiger partial charge in [0.25, 0.3) is 0 Å². The third kappa shape index (κ3) is 4.53. The Morgan fingerprint density at radius 1 is 1.29 bits per heavy atom. The highest BCUT2D eigenvalue weighted by atomic mass is 16.5. The molecule has 0 bridgehead atoms. The summed E-state index contributed by atoms with van der Waals surface area (Å²) in [5.41, 5.74) is 3.11. The molecule has 3 aromatic rings. The summed E-state index contributed by atoms with van der Waals surface area (Å²) in [6.07, 6.45) is 4.79. The Balaban J connectivity index is 1.72. The van der Waals surface area contributed by atoms with E-state index in [1.54, 1.807) is 12.4 Å². The zero-order valence-electron chi connectivity index (χ0n) is 17.2. The number of fused-ring (bicyclic) bond motifs is 1. The number of aliphatic hydroxyl groups excluding tert-OH is 1. The van der Waals surface area contributed by atoms with Gasteiger partial charge in [0.05, 0.1) is 18.5 Å². The Morgan fingerprint density at radius 2 is 2.16 bits per heavy atom. The molecule has 31 heavy (non-hydrogen) atoms. The molecule has 1 aliphatic rings. The maximum Gasteiger partial charge on any atom is 0.330 e. The lowest BCUT2D eigenvalue weighted by molar-refractivity contribution is 0.159. The predicted molar refractivity (Wildman–Crippen MR) is 116 cm³/mol. The number of nitrogens with one attached hydrogen (secondary N) is 2. The monoisotopic (exact) mass is 421 g/mol. The fraction of sp³-hybridized carbons (Fsp3) is 0.286. The van der Waals surface area contributed by atoms with Gasteiger partial charge < -0.3 is 15.2 Å². The first kappa shape index (κ1) is 20.5. The molecule has 1 atom stereocenters. The summed E-state index contributed by atoms with van der Waals surface area (Å²) >= 11 is 0. The number of hydrogen-bond acceptors (Lipinski definition) is 8. The van der Waals surface area contributed by atoms with Crippen molar-refractivity contribution < 1.29 is 14.6 Å². The van der Waals surface area contributed by atoms with E-state index in [0.29, 0.717) is 42.5 Å². The summed E-state index contributed by atoms with van der Waals surface area (Å²) in [7, 11) is 1.48. The molecule has 3 N–H and O–H groups in total. The average Bonchev–Trinajstić information content (AvgIpc) is 2.76. The van der Waals surface area contributed by atoms with Crippen LogP contribution in [-0.4, -0.2) is 51.0 Å². The number of aromatic nitrogens is 4. The number of rotatable bonds is 3. The number of methoxy groups -OCH3 is 1. The zero-order chi connectivity index (χ0) is 21.8. The summed E-state index contributed by atoms with van der Waals surface area (Å²) in [5.74, 6) is 0.886. The van der Waals surface area contributed by atoms with E-state index in [1.165, 1.54) is 24.4 Å². The second-order valence-corrected chi connectivity index (χ2v) is 7.11. The summed E-state index contributed by atoms with van der Waals surface area (Å²) < 4.78 is 5.08. The molecule has 10 heteroatoms. The van der Waals surface area contributed by atoms with Crippen LogP contribution in [0.25, 0.3) is 11.3 Å². The van der Waals surface area contributed by atoms with Crippen LogP contribution in [0.4, 0.5) is 22.1 Å². The minimum absolute atomic E-state index is 0.250. The predicted octanol–water partition coefficient (Wildman–Crippen LogP) is 2.81. The number of urea groups is 1. The minimum atomic E-state index is -1.05. The molecule has 0 spiro atoms. The van der Waals surface area contributed by atoms with Crippen molar-refractivity contribution >= 4 is 23.4 Å². The molecular weight excluding hydrogens is 398 g/mol. The molecule has 0 radical (unpaired) electrons. The van der Waals surface area contributed by atoms with Gasteiger partial charge in [-0.1, -0.05) is 0 Å². The second-order valence-electron chi connectivity index (χ2n) is 7.11. The van der Waals surface area contributed by atoms with Gasteiger partial charge in [-0.2, -0.15) is 0 Å². The highest BCUT2D eigenvalue weighted by molar-refractivity contribution is 6.03. The van der Waals surface area contributed by atoms with E-state index in [1.807, 2.05) is 25.1 Å². The molecule has 0 aliphatic carbocycles. The van der Waals surface area contributed by atoms with Crippen LogP contribution >= 0.6 is 0 Å². The van der Waals surface area contributed by atoms with Crippen molar-refractivity contribution in [2.75, 3.05) is 29.2 Å². The lowest BCUT2D eigenvalue weighted by atomic mass is 10.1. The maximum absolute atomic E-state index is 13.2. The fourth-order valence-corrected chi connectivity index (χ4v) is 3.32. The Morgan fingerprint density at radius 3 is 2.97 bits per heavy atom. The van der Waals surface area contributed by atoms with E-state index in [0.717, 1.165) is 11.1 Å². The number of carbonyl (C=O) groups excluding carboxylic acids is 1. The molecule has 0 unspecified atom stereocenters. The normalized spacial score (nSPS) is 15.8. The first-order chi connectivity index (χ1) is 15.0. The number of amides is 2. The number of aliphatic hydroxyl groups is 1. The van der Waals surface area contributed by atoms with Crippen LogP contribution in [0.15, 0.2) is 43.0 Å². The third-order valence-electron chi connectivity index (χ3n) is 4.83. The maximum atomic E-state index is 13.2. The van der Waals surface area contributed by atoms with Crippen molar-refractivity contribution in [2.24, 2.45) is 0 Å². The largest absolute Gasteiger partial charge is 0.481 e. The SMILES string of the molecule is COc1cc(NC(=O)N2c3nc(-c4cncc(C)c4)ccc3NCCC[C@H]2O)ncn1. The topological polar surface area (TPSA) is 125 Å². The van der Waals surface area contributed by atoms with Crippen molar-refractivity contribution in [3.05, 3.63) is 48.5 Å². The summed E-state index contributed by atoms with van der Waals surface area (Å²) in [6.45, 7) is 2.61. The van der Waals surface area contributed by atoms with Gasteiger partial charge >= 0.3 is 6.03 Å². The van der Waals surface area contributed by atoms with Gasteiger partial charge in [-0.15, -0.1) is 0 Å². The number of ether oxygens (including phenoxy) is 1. The molecular formula is C21H23N7O3. The van der Waals surface area contributed by atoms with Gasteiger partial charge in [0, 0.05) is 30.6 Å². The standard InChI is InChI=1S/C21H23N7O3/c1-13-8-14(11-22-10-13)15-5-6-16-20(26-15)28(19(29)4-3-7-23-16)21(30)27-17-9-18(31-2)25-12-24-17/h5-6,8-12,19,23,29H,3-4,7H2,1-2H3,(H,24,25,27,30)/t19-/m1/s1. The van der Waals surface area contributed by atoms with Gasteiger partial charge in [0.1, 0.15) is 18.4 Å². The first-order valence-corrected chi connectivity index (χ1v) is 9.86.